The van der Waals surface area contributed by atoms with E-state index in [0.717, 1.165) is 0 Å². The van der Waals surface area contributed by atoms with Crippen molar-refractivity contribution in [2.24, 2.45) is 11.1 Å². The van der Waals surface area contributed by atoms with E-state index >= 15 is 0 Å². The first-order chi connectivity index (χ1) is 6.75. The monoisotopic (exact) mass is 195 g/mol. The van der Waals surface area contributed by atoms with Crippen LogP contribution in [0.3, 0.4) is 0 Å². The van der Waals surface area contributed by atoms with Crippen LogP contribution in [0.1, 0.15) is 53.4 Å². The van der Waals surface area contributed by atoms with E-state index in [1.54, 1.807) is 6.20 Å². The molecule has 0 saturated heterocycles. The number of nitrogens with two attached hydrogens (primary N) is 1. The number of rotatable bonds is 3. The Morgan fingerprint density at radius 3 is 2.21 bits per heavy atom. The van der Waals surface area contributed by atoms with Crippen molar-refractivity contribution in [3.63, 3.8) is 0 Å². The maximum atomic E-state index is 5.30. The molecule has 0 aromatic heterocycles. The van der Waals surface area contributed by atoms with Crippen LogP contribution in [0.4, 0.5) is 0 Å². The molecule has 14 heavy (non-hydrogen) atoms. The molecule has 0 bridgehead atoms. The summed E-state index contributed by atoms with van der Waals surface area (Å²) in [7, 11) is 0. The van der Waals surface area contributed by atoms with E-state index in [-0.39, 0.29) is 0 Å². The van der Waals surface area contributed by atoms with Crippen molar-refractivity contribution in [3.8, 4) is 0 Å². The Bertz CT molecular complexity index is 192. The van der Waals surface area contributed by atoms with Crippen LogP contribution in [0.15, 0.2) is 23.9 Å². The summed E-state index contributed by atoms with van der Waals surface area (Å²) < 4.78 is 0. The summed E-state index contributed by atoms with van der Waals surface area (Å²) in [5.41, 5.74) is 7.32. The van der Waals surface area contributed by atoms with Crippen LogP contribution in [-0.4, -0.2) is 0 Å². The lowest BCUT2D eigenvalue weighted by molar-refractivity contribution is 0.178. The van der Waals surface area contributed by atoms with Crippen molar-refractivity contribution in [1.82, 2.24) is 0 Å². The number of hydrogen-bond donors (Lipinski definition) is 1. The molecule has 1 heteroatoms. The average Bonchev–Trinajstić information content (AvgIpc) is 2.17. The van der Waals surface area contributed by atoms with Crippen LogP contribution in [0.2, 0.25) is 0 Å². The molecule has 0 unspecified atom stereocenters. The third kappa shape index (κ3) is 2.90. The molecule has 1 rings (SSSR count). The predicted octanol–water partition coefficient (Wildman–Crippen LogP) is 4.01. The van der Waals surface area contributed by atoms with Crippen LogP contribution in [0.25, 0.3) is 0 Å². The van der Waals surface area contributed by atoms with Gasteiger partial charge in [-0.05, 0) is 43.9 Å². The van der Waals surface area contributed by atoms with Crippen molar-refractivity contribution in [1.29, 1.82) is 0 Å². The molecular weight excluding hydrogens is 170 g/mol. The van der Waals surface area contributed by atoms with Gasteiger partial charge < -0.3 is 5.73 Å². The normalized spacial score (nSPS) is 19.9. The lowest BCUT2D eigenvalue weighted by atomic mass is 9.63. The maximum absolute atomic E-state index is 5.30. The summed E-state index contributed by atoms with van der Waals surface area (Å²) in [4.78, 5) is 0. The second kappa shape index (κ2) is 6.69. The van der Waals surface area contributed by atoms with Gasteiger partial charge in [0.25, 0.3) is 0 Å². The highest BCUT2D eigenvalue weighted by Crippen LogP contribution is 2.49. The fourth-order valence-electron chi connectivity index (χ4n) is 2.01. The molecule has 1 aliphatic rings. The molecule has 0 amide bonds. The van der Waals surface area contributed by atoms with E-state index in [9.17, 15) is 0 Å². The molecule has 0 aromatic carbocycles. The fraction of sp³-hybridized carbons (Fsp3) is 0.692. The predicted molar refractivity (Wildman–Crippen MR) is 65.0 cm³/mol. The zero-order valence-electron chi connectivity index (χ0n) is 10.1. The Morgan fingerprint density at radius 1 is 1.36 bits per heavy atom. The molecule has 0 radical (unpaired) electrons. The van der Waals surface area contributed by atoms with Gasteiger partial charge in [-0.25, -0.2) is 0 Å². The lowest BCUT2D eigenvalue weighted by Crippen LogP contribution is -2.29. The number of allylic oxidation sites excluding steroid dienone is 3. The van der Waals surface area contributed by atoms with Gasteiger partial charge in [0.15, 0.2) is 0 Å². The summed E-state index contributed by atoms with van der Waals surface area (Å²) in [6.07, 6.45) is 11.1. The summed E-state index contributed by atoms with van der Waals surface area (Å²) >= 11 is 0. The summed E-state index contributed by atoms with van der Waals surface area (Å²) in [6.45, 7) is 8.51. The van der Waals surface area contributed by atoms with Gasteiger partial charge >= 0.3 is 0 Å². The van der Waals surface area contributed by atoms with E-state index in [2.05, 4.69) is 19.9 Å². The summed E-state index contributed by atoms with van der Waals surface area (Å²) in [5.74, 6) is 0. The minimum Gasteiger partial charge on any atom is -0.405 e. The van der Waals surface area contributed by atoms with Gasteiger partial charge in [0.2, 0.25) is 0 Å². The molecule has 1 nitrogen and oxygen atoms in total. The molecule has 82 valence electrons. The minimum atomic E-state index is 0.527. The van der Waals surface area contributed by atoms with Crippen LogP contribution >= 0.6 is 0 Å². The Labute approximate surface area is 89.1 Å². The molecule has 0 aliphatic heterocycles. The molecule has 1 aliphatic carbocycles. The Morgan fingerprint density at radius 2 is 1.93 bits per heavy atom. The van der Waals surface area contributed by atoms with Crippen LogP contribution in [0.5, 0.6) is 0 Å². The van der Waals surface area contributed by atoms with Crippen LogP contribution in [-0.2, 0) is 0 Å². The van der Waals surface area contributed by atoms with Crippen molar-refractivity contribution in [3.05, 3.63) is 23.9 Å². The first-order valence-electron chi connectivity index (χ1n) is 5.81. The smallest absolute Gasteiger partial charge is 0.00624 e. The maximum Gasteiger partial charge on any atom is -0.00624 e. The highest BCUT2D eigenvalue weighted by molar-refractivity contribution is 5.20. The van der Waals surface area contributed by atoms with Gasteiger partial charge in [0, 0.05) is 0 Å². The van der Waals surface area contributed by atoms with Gasteiger partial charge in [-0.2, -0.15) is 0 Å². The second-order valence-corrected chi connectivity index (χ2v) is 3.72. The molecule has 0 aromatic rings. The molecular formula is C13H25N. The molecule has 1 saturated carbocycles. The van der Waals surface area contributed by atoms with Crippen molar-refractivity contribution in [2.75, 3.05) is 0 Å². The summed E-state index contributed by atoms with van der Waals surface area (Å²) in [6, 6.07) is 0. The van der Waals surface area contributed by atoms with E-state index in [4.69, 9.17) is 5.73 Å². The first-order valence-corrected chi connectivity index (χ1v) is 5.81. The summed E-state index contributed by atoms with van der Waals surface area (Å²) in [5, 5.41) is 0. The fourth-order valence-corrected chi connectivity index (χ4v) is 2.01. The van der Waals surface area contributed by atoms with Gasteiger partial charge in [-0.1, -0.05) is 38.8 Å². The largest absolute Gasteiger partial charge is 0.405 e. The molecule has 0 heterocycles. The topological polar surface area (TPSA) is 26.0 Å². The SMILES string of the molecule is CC.CCC1(/C(C)=C/C=C\N)CCC1. The van der Waals surface area contributed by atoms with Gasteiger partial charge in [-0.3, -0.25) is 0 Å². The quantitative estimate of drug-likeness (QED) is 0.676. The zero-order valence-corrected chi connectivity index (χ0v) is 10.1. The van der Waals surface area contributed by atoms with E-state index in [1.165, 1.54) is 31.3 Å². The molecule has 0 atom stereocenters. The molecule has 0 spiro atoms. The molecule has 1 fully saturated rings. The van der Waals surface area contributed by atoms with Crippen LogP contribution < -0.4 is 5.73 Å². The van der Waals surface area contributed by atoms with Gasteiger partial charge in [0.05, 0.1) is 0 Å². The van der Waals surface area contributed by atoms with Crippen molar-refractivity contribution < 1.29 is 0 Å². The van der Waals surface area contributed by atoms with Crippen LogP contribution in [0, 0.1) is 5.41 Å². The average molecular weight is 195 g/mol. The Hall–Kier alpha value is -0.720. The Kier molecular flexibility index (Phi) is 6.35. The second-order valence-electron chi connectivity index (χ2n) is 3.72. The third-order valence-corrected chi connectivity index (χ3v) is 3.28. The van der Waals surface area contributed by atoms with E-state index < -0.39 is 0 Å². The number of hydrogen-bond acceptors (Lipinski definition) is 1. The first kappa shape index (κ1) is 13.3. The van der Waals surface area contributed by atoms with E-state index in [1.807, 2.05) is 19.9 Å². The Balaban J connectivity index is 0.000000791. The van der Waals surface area contributed by atoms with Crippen molar-refractivity contribution >= 4 is 0 Å². The zero-order chi connectivity index (χ0) is 11.0. The van der Waals surface area contributed by atoms with Crippen molar-refractivity contribution in [2.45, 2.75) is 53.4 Å². The third-order valence-electron chi connectivity index (χ3n) is 3.28. The lowest BCUT2D eigenvalue weighted by Gasteiger charge is -2.42. The standard InChI is InChI=1S/C11H19N.C2H6/c1-3-11(7-5-8-11)10(2)6-4-9-12;1-2/h4,6,9H,3,5,7-8,12H2,1-2H3;1-2H3/b9-4-,10-6+;. The minimum absolute atomic E-state index is 0.527. The van der Waals surface area contributed by atoms with E-state index in [0.29, 0.717) is 5.41 Å². The van der Waals surface area contributed by atoms with Gasteiger partial charge in [0.1, 0.15) is 0 Å². The highest BCUT2D eigenvalue weighted by atomic mass is 14.5. The highest BCUT2D eigenvalue weighted by Gasteiger charge is 2.35. The van der Waals surface area contributed by atoms with Gasteiger partial charge in [-0.15, -0.1) is 0 Å². The molecule has 2 N–H and O–H groups in total.